The van der Waals surface area contributed by atoms with E-state index < -0.39 is 0 Å². The highest BCUT2D eigenvalue weighted by atomic mass is 32.1. The second-order valence-electron chi connectivity index (χ2n) is 8.39. The summed E-state index contributed by atoms with van der Waals surface area (Å²) < 4.78 is 6.09. The minimum atomic E-state index is 0.0598. The number of aromatic nitrogens is 1. The quantitative estimate of drug-likeness (QED) is 0.305. The van der Waals surface area contributed by atoms with Crippen LogP contribution < -0.4 is 15.1 Å². The van der Waals surface area contributed by atoms with Crippen molar-refractivity contribution >= 4 is 28.1 Å². The molecule has 3 aromatic rings. The van der Waals surface area contributed by atoms with Crippen LogP contribution in [-0.2, 0) is 22.4 Å². The molecule has 176 valence electrons. The molecule has 1 atom stereocenters. The van der Waals surface area contributed by atoms with Gasteiger partial charge in [-0.3, -0.25) is 0 Å². The van der Waals surface area contributed by atoms with Gasteiger partial charge in [-0.25, -0.2) is 14.3 Å². The zero-order valence-corrected chi connectivity index (χ0v) is 20.8. The fraction of sp³-hybridized carbons (Fsp3) is 0.385. The number of carbonyl (C=O) groups is 1. The average molecular weight is 468 g/mol. The van der Waals surface area contributed by atoms with Gasteiger partial charge in [-0.1, -0.05) is 42.5 Å². The first-order valence-electron chi connectivity index (χ1n) is 11.4. The number of thiazole rings is 1. The molecule has 0 saturated heterocycles. The van der Waals surface area contributed by atoms with Gasteiger partial charge in [0, 0.05) is 25.6 Å². The number of amides is 1. The van der Waals surface area contributed by atoms with Crippen molar-refractivity contribution in [2.45, 2.75) is 25.9 Å². The number of ether oxygens (including phenoxy) is 1. The minimum absolute atomic E-state index is 0.0598. The van der Waals surface area contributed by atoms with Crippen molar-refractivity contribution in [2.75, 3.05) is 46.2 Å². The van der Waals surface area contributed by atoms with Crippen LogP contribution >= 0.6 is 11.3 Å². The van der Waals surface area contributed by atoms with E-state index in [0.717, 1.165) is 36.0 Å². The average Bonchev–Trinajstić information content (AvgIpc) is 3.29. The lowest BCUT2D eigenvalue weighted by molar-refractivity contribution is -0.127. The Morgan fingerprint density at radius 1 is 1.12 bits per heavy atom. The van der Waals surface area contributed by atoms with E-state index in [9.17, 15) is 4.79 Å². The lowest BCUT2D eigenvalue weighted by Crippen LogP contribution is -2.47. The maximum absolute atomic E-state index is 13.0. The number of nitrogens with one attached hydrogen (secondary N) is 2. The molecule has 2 N–H and O–H groups in total. The Labute approximate surface area is 201 Å². The molecule has 0 aliphatic rings. The van der Waals surface area contributed by atoms with Crippen molar-refractivity contribution < 1.29 is 9.53 Å². The molecular formula is C26H35N4O2S+. The fourth-order valence-electron chi connectivity index (χ4n) is 3.64. The lowest BCUT2D eigenvalue weighted by atomic mass is 10.1. The summed E-state index contributed by atoms with van der Waals surface area (Å²) in [6.45, 7) is 4.36. The number of likely N-dealkylation sites (N-methyl/N-ethyl adjacent to an activating group) is 1. The van der Waals surface area contributed by atoms with Gasteiger partial charge in [0.25, 0.3) is 0 Å². The standard InChI is InChI=1S/C26H35N4O2S/c1-5-32-24(21-9-7-6-8-10-21)18-28-16-15-20-11-13-23(14-12-20)30(3,4)25(31)17-22-19-33-26(27-2)29-22/h6-14,19,24,28H,5,15-18H2,1-4H3,(H,27,29)/q+1. The molecule has 0 aliphatic carbocycles. The predicted molar refractivity (Wildman–Crippen MR) is 138 cm³/mol. The third-order valence-electron chi connectivity index (χ3n) is 5.76. The van der Waals surface area contributed by atoms with Crippen LogP contribution in [0.1, 0.15) is 29.8 Å². The topological polar surface area (TPSA) is 63.2 Å². The van der Waals surface area contributed by atoms with E-state index in [1.165, 1.54) is 22.5 Å². The Bertz CT molecular complexity index is 1000. The highest BCUT2D eigenvalue weighted by molar-refractivity contribution is 7.13. The molecule has 1 unspecified atom stereocenters. The highest BCUT2D eigenvalue weighted by Gasteiger charge is 2.30. The Morgan fingerprint density at radius 3 is 2.48 bits per heavy atom. The highest BCUT2D eigenvalue weighted by Crippen LogP contribution is 2.23. The summed E-state index contributed by atoms with van der Waals surface area (Å²) in [5.41, 5.74) is 4.22. The second kappa shape index (κ2) is 12.0. The van der Waals surface area contributed by atoms with Gasteiger partial charge in [0.2, 0.25) is 0 Å². The molecule has 33 heavy (non-hydrogen) atoms. The molecule has 0 fully saturated rings. The van der Waals surface area contributed by atoms with Gasteiger partial charge < -0.3 is 15.4 Å². The third kappa shape index (κ3) is 6.95. The number of rotatable bonds is 12. The van der Waals surface area contributed by atoms with Crippen LogP contribution in [0.3, 0.4) is 0 Å². The Kier molecular flexibility index (Phi) is 9.14. The van der Waals surface area contributed by atoms with E-state index in [4.69, 9.17) is 4.74 Å². The Balaban J connectivity index is 1.51. The summed E-state index contributed by atoms with van der Waals surface area (Å²) in [4.78, 5) is 17.4. The van der Waals surface area contributed by atoms with Crippen LogP contribution in [0.15, 0.2) is 60.0 Å². The third-order valence-corrected chi connectivity index (χ3v) is 6.67. The van der Waals surface area contributed by atoms with E-state index in [-0.39, 0.29) is 16.5 Å². The lowest BCUT2D eigenvalue weighted by Gasteiger charge is -2.26. The van der Waals surface area contributed by atoms with E-state index in [1.54, 1.807) is 0 Å². The van der Waals surface area contributed by atoms with Gasteiger partial charge in [-0.05, 0) is 43.1 Å². The van der Waals surface area contributed by atoms with Crippen LogP contribution in [0, 0.1) is 0 Å². The van der Waals surface area contributed by atoms with Crippen LogP contribution in [0.25, 0.3) is 0 Å². The van der Waals surface area contributed by atoms with E-state index in [0.29, 0.717) is 13.0 Å². The van der Waals surface area contributed by atoms with Gasteiger partial charge in [0.05, 0.1) is 25.9 Å². The maximum atomic E-state index is 13.0. The molecular weight excluding hydrogens is 432 g/mol. The summed E-state index contributed by atoms with van der Waals surface area (Å²) in [5, 5.41) is 9.31. The molecule has 6 nitrogen and oxygen atoms in total. The van der Waals surface area contributed by atoms with Crippen LogP contribution in [0.4, 0.5) is 10.8 Å². The number of carbonyl (C=O) groups excluding carboxylic acids is 1. The zero-order chi connectivity index (χ0) is 23.7. The number of quaternary nitrogens is 1. The summed E-state index contributed by atoms with van der Waals surface area (Å²) in [7, 11) is 5.70. The Hall–Kier alpha value is -2.58. The summed E-state index contributed by atoms with van der Waals surface area (Å²) in [6, 6.07) is 18.7. The zero-order valence-electron chi connectivity index (χ0n) is 20.0. The molecule has 2 aromatic carbocycles. The van der Waals surface area contributed by atoms with Crippen molar-refractivity contribution in [3.05, 3.63) is 76.8 Å². The number of hydrogen-bond acceptors (Lipinski definition) is 6. The molecule has 0 saturated carbocycles. The number of nitrogens with zero attached hydrogens (tertiary/aromatic N) is 2. The molecule has 0 radical (unpaired) electrons. The predicted octanol–water partition coefficient (Wildman–Crippen LogP) is 4.43. The molecule has 0 aliphatic heterocycles. The van der Waals surface area contributed by atoms with Crippen molar-refractivity contribution in [2.24, 2.45) is 0 Å². The molecule has 1 amide bonds. The second-order valence-corrected chi connectivity index (χ2v) is 9.25. The van der Waals surface area contributed by atoms with Crippen molar-refractivity contribution in [1.29, 1.82) is 0 Å². The largest absolute Gasteiger partial charge is 0.372 e. The van der Waals surface area contributed by atoms with Crippen molar-refractivity contribution in [1.82, 2.24) is 14.8 Å². The van der Waals surface area contributed by atoms with Gasteiger partial charge >= 0.3 is 5.91 Å². The monoisotopic (exact) mass is 467 g/mol. The molecule has 0 bridgehead atoms. The van der Waals surface area contributed by atoms with Gasteiger partial charge in [-0.2, -0.15) is 0 Å². The summed E-state index contributed by atoms with van der Waals surface area (Å²) >= 11 is 1.52. The van der Waals surface area contributed by atoms with Gasteiger partial charge in [0.15, 0.2) is 5.13 Å². The minimum Gasteiger partial charge on any atom is -0.372 e. The fourth-order valence-corrected chi connectivity index (χ4v) is 4.31. The smallest absolute Gasteiger partial charge is 0.324 e. The first-order chi connectivity index (χ1) is 15.9. The van der Waals surface area contributed by atoms with Crippen molar-refractivity contribution in [3.63, 3.8) is 0 Å². The van der Waals surface area contributed by atoms with Crippen LogP contribution in [-0.4, -0.2) is 51.7 Å². The van der Waals surface area contributed by atoms with Gasteiger partial charge in [-0.15, -0.1) is 11.3 Å². The van der Waals surface area contributed by atoms with Crippen molar-refractivity contribution in [3.8, 4) is 0 Å². The van der Waals surface area contributed by atoms with Crippen LogP contribution in [0.2, 0.25) is 0 Å². The normalized spacial score (nSPS) is 12.5. The van der Waals surface area contributed by atoms with Crippen LogP contribution in [0.5, 0.6) is 0 Å². The first-order valence-corrected chi connectivity index (χ1v) is 12.3. The summed E-state index contributed by atoms with van der Waals surface area (Å²) in [5.74, 6) is 0.111. The molecule has 7 heteroatoms. The number of benzene rings is 2. The number of anilines is 1. The van der Waals surface area contributed by atoms with E-state index >= 15 is 0 Å². The molecule has 3 rings (SSSR count). The first kappa shape index (κ1) is 25.1. The molecule has 1 aromatic heterocycles. The molecule has 1 heterocycles. The SMILES string of the molecule is CCOC(CNCCc1ccc([N+](C)(C)C(=O)Cc2csc(NC)n2)cc1)c1ccccc1. The maximum Gasteiger partial charge on any atom is 0.324 e. The Morgan fingerprint density at radius 2 is 1.85 bits per heavy atom. The van der Waals surface area contributed by atoms with E-state index in [2.05, 4.69) is 52.0 Å². The summed E-state index contributed by atoms with van der Waals surface area (Å²) in [6.07, 6.45) is 1.30. The van der Waals surface area contributed by atoms with E-state index in [1.807, 2.05) is 51.6 Å². The number of hydrogen-bond donors (Lipinski definition) is 2. The molecule has 0 spiro atoms. The van der Waals surface area contributed by atoms with Gasteiger partial charge in [0.1, 0.15) is 12.1 Å².